The number of hydrogen-bond donors (Lipinski definition) is 1. The molecule has 1 aromatic rings. The number of thioether (sulfide) groups is 1. The van der Waals surface area contributed by atoms with Crippen molar-refractivity contribution < 1.29 is 0 Å². The Kier molecular flexibility index (Phi) is 5.05. The maximum atomic E-state index is 4.76. The number of hydrogen-bond acceptors (Lipinski definition) is 3. The van der Waals surface area contributed by atoms with Crippen LogP contribution in [0.5, 0.6) is 0 Å². The second kappa shape index (κ2) is 6.99. The van der Waals surface area contributed by atoms with Crippen molar-refractivity contribution in [2.24, 2.45) is 0 Å². The Labute approximate surface area is 126 Å². The van der Waals surface area contributed by atoms with Gasteiger partial charge in [0.05, 0.1) is 11.7 Å². The molecule has 3 rings (SSSR count). The van der Waals surface area contributed by atoms with E-state index in [1.54, 1.807) is 0 Å². The van der Waals surface area contributed by atoms with Crippen LogP contribution in [0, 0.1) is 0 Å². The second-order valence-corrected chi connectivity index (χ2v) is 7.45. The van der Waals surface area contributed by atoms with E-state index in [1.165, 1.54) is 57.1 Å². The highest BCUT2D eigenvalue weighted by Crippen LogP contribution is 2.29. The van der Waals surface area contributed by atoms with Gasteiger partial charge in [0.1, 0.15) is 0 Å². The van der Waals surface area contributed by atoms with Gasteiger partial charge in [0.25, 0.3) is 0 Å². The van der Waals surface area contributed by atoms with Crippen LogP contribution in [0.4, 0.5) is 0 Å². The third kappa shape index (κ3) is 3.59. The minimum atomic E-state index is 0.667. The SMILES string of the molecule is CSC1CCC(NCc2ccn(C3CCCC3)n2)CC1. The molecule has 2 saturated carbocycles. The van der Waals surface area contributed by atoms with Crippen LogP contribution < -0.4 is 5.32 Å². The molecule has 2 aliphatic carbocycles. The van der Waals surface area contributed by atoms with Gasteiger partial charge in [-0.15, -0.1) is 0 Å². The summed E-state index contributed by atoms with van der Waals surface area (Å²) in [6, 6.07) is 3.56. The molecule has 1 heterocycles. The molecule has 3 nitrogen and oxygen atoms in total. The molecule has 0 unspecified atom stereocenters. The van der Waals surface area contributed by atoms with E-state index < -0.39 is 0 Å². The predicted molar refractivity (Wildman–Crippen MR) is 86.1 cm³/mol. The largest absolute Gasteiger partial charge is 0.308 e. The zero-order valence-corrected chi connectivity index (χ0v) is 13.4. The van der Waals surface area contributed by atoms with Gasteiger partial charge in [0.2, 0.25) is 0 Å². The van der Waals surface area contributed by atoms with E-state index in [0.717, 1.165) is 11.8 Å². The number of nitrogens with zero attached hydrogens (tertiary/aromatic N) is 2. The second-order valence-electron chi connectivity index (χ2n) is 6.32. The van der Waals surface area contributed by atoms with Crippen molar-refractivity contribution in [2.75, 3.05) is 6.26 Å². The highest BCUT2D eigenvalue weighted by molar-refractivity contribution is 7.99. The van der Waals surface area contributed by atoms with Crippen molar-refractivity contribution in [1.82, 2.24) is 15.1 Å². The van der Waals surface area contributed by atoms with E-state index in [9.17, 15) is 0 Å². The van der Waals surface area contributed by atoms with Crippen LogP contribution in [0.15, 0.2) is 12.3 Å². The minimum absolute atomic E-state index is 0.667. The van der Waals surface area contributed by atoms with Gasteiger partial charge in [-0.05, 0) is 50.8 Å². The Morgan fingerprint density at radius 1 is 1.20 bits per heavy atom. The first-order chi connectivity index (χ1) is 9.85. The van der Waals surface area contributed by atoms with Gasteiger partial charge < -0.3 is 5.32 Å². The monoisotopic (exact) mass is 293 g/mol. The summed E-state index contributed by atoms with van der Waals surface area (Å²) in [4.78, 5) is 0. The van der Waals surface area contributed by atoms with E-state index in [2.05, 4.69) is 28.5 Å². The quantitative estimate of drug-likeness (QED) is 0.896. The fraction of sp³-hybridized carbons (Fsp3) is 0.812. The van der Waals surface area contributed by atoms with E-state index in [0.29, 0.717) is 12.1 Å². The zero-order chi connectivity index (χ0) is 13.8. The summed E-state index contributed by atoms with van der Waals surface area (Å²) < 4.78 is 2.20. The summed E-state index contributed by atoms with van der Waals surface area (Å²) >= 11 is 2.04. The smallest absolute Gasteiger partial charge is 0.0762 e. The molecule has 4 heteroatoms. The van der Waals surface area contributed by atoms with Crippen LogP contribution in [0.1, 0.15) is 63.1 Å². The predicted octanol–water partition coefficient (Wildman–Crippen LogP) is 3.76. The number of rotatable bonds is 5. The molecule has 2 aliphatic rings. The molecule has 20 heavy (non-hydrogen) atoms. The maximum absolute atomic E-state index is 4.76. The summed E-state index contributed by atoms with van der Waals surface area (Å²) in [7, 11) is 0. The molecule has 0 aromatic carbocycles. The van der Waals surface area contributed by atoms with Crippen molar-refractivity contribution in [1.29, 1.82) is 0 Å². The van der Waals surface area contributed by atoms with Crippen molar-refractivity contribution in [3.8, 4) is 0 Å². The number of aromatic nitrogens is 2. The normalized spacial score (nSPS) is 28.1. The third-order valence-electron chi connectivity index (χ3n) is 4.94. The van der Waals surface area contributed by atoms with E-state index in [-0.39, 0.29) is 0 Å². The molecule has 1 aromatic heterocycles. The summed E-state index contributed by atoms with van der Waals surface area (Å²) in [5, 5.41) is 9.36. The van der Waals surface area contributed by atoms with Gasteiger partial charge in [-0.2, -0.15) is 16.9 Å². The average molecular weight is 293 g/mol. The van der Waals surface area contributed by atoms with Crippen LogP contribution in [0.3, 0.4) is 0 Å². The third-order valence-corrected chi connectivity index (χ3v) is 6.08. The molecular formula is C16H27N3S. The summed E-state index contributed by atoms with van der Waals surface area (Å²) in [6.07, 6.45) is 15.2. The van der Waals surface area contributed by atoms with Crippen molar-refractivity contribution in [2.45, 2.75) is 75.2 Å². The van der Waals surface area contributed by atoms with Gasteiger partial charge in [-0.3, -0.25) is 4.68 Å². The molecule has 0 atom stereocenters. The number of nitrogens with one attached hydrogen (secondary N) is 1. The molecule has 0 amide bonds. The minimum Gasteiger partial charge on any atom is -0.308 e. The maximum Gasteiger partial charge on any atom is 0.0762 e. The Hall–Kier alpha value is -0.480. The highest BCUT2D eigenvalue weighted by Gasteiger charge is 2.21. The lowest BCUT2D eigenvalue weighted by Crippen LogP contribution is -2.33. The lowest BCUT2D eigenvalue weighted by atomic mass is 9.95. The van der Waals surface area contributed by atoms with E-state index >= 15 is 0 Å². The first kappa shape index (κ1) is 14.5. The first-order valence-corrected chi connectivity index (χ1v) is 9.44. The fourth-order valence-corrected chi connectivity index (χ4v) is 4.34. The van der Waals surface area contributed by atoms with Crippen molar-refractivity contribution in [3.63, 3.8) is 0 Å². The molecule has 2 fully saturated rings. The van der Waals surface area contributed by atoms with E-state index in [1.807, 2.05) is 11.8 Å². The lowest BCUT2D eigenvalue weighted by molar-refractivity contribution is 0.375. The molecule has 112 valence electrons. The van der Waals surface area contributed by atoms with Crippen LogP contribution in [-0.2, 0) is 6.54 Å². The molecule has 0 bridgehead atoms. The molecule has 0 aliphatic heterocycles. The molecule has 0 radical (unpaired) electrons. The van der Waals surface area contributed by atoms with Crippen LogP contribution in [-0.4, -0.2) is 27.3 Å². The molecule has 0 spiro atoms. The Morgan fingerprint density at radius 2 is 1.95 bits per heavy atom. The average Bonchev–Trinajstić information content (AvgIpc) is 3.16. The van der Waals surface area contributed by atoms with Gasteiger partial charge in [-0.1, -0.05) is 12.8 Å². The lowest BCUT2D eigenvalue weighted by Gasteiger charge is -2.27. The van der Waals surface area contributed by atoms with Gasteiger partial charge >= 0.3 is 0 Å². The molecule has 1 N–H and O–H groups in total. The highest BCUT2D eigenvalue weighted by atomic mass is 32.2. The van der Waals surface area contributed by atoms with Gasteiger partial charge in [0, 0.05) is 24.0 Å². The zero-order valence-electron chi connectivity index (χ0n) is 12.6. The van der Waals surface area contributed by atoms with Gasteiger partial charge in [-0.25, -0.2) is 0 Å². The molecule has 0 saturated heterocycles. The summed E-state index contributed by atoms with van der Waals surface area (Å²) in [6.45, 7) is 0.939. The summed E-state index contributed by atoms with van der Waals surface area (Å²) in [5.41, 5.74) is 1.21. The van der Waals surface area contributed by atoms with Crippen LogP contribution in [0.25, 0.3) is 0 Å². The fourth-order valence-electron chi connectivity index (χ4n) is 3.60. The Balaban J connectivity index is 1.44. The van der Waals surface area contributed by atoms with Crippen LogP contribution in [0.2, 0.25) is 0 Å². The van der Waals surface area contributed by atoms with E-state index in [4.69, 9.17) is 5.10 Å². The first-order valence-electron chi connectivity index (χ1n) is 8.15. The summed E-state index contributed by atoms with van der Waals surface area (Å²) in [5.74, 6) is 0. The Morgan fingerprint density at radius 3 is 2.65 bits per heavy atom. The van der Waals surface area contributed by atoms with Gasteiger partial charge in [0.15, 0.2) is 0 Å². The van der Waals surface area contributed by atoms with Crippen molar-refractivity contribution in [3.05, 3.63) is 18.0 Å². The molecular weight excluding hydrogens is 266 g/mol. The standard InChI is InChI=1S/C16H27N3S/c1-20-16-8-6-13(7-9-16)17-12-14-10-11-19(18-14)15-4-2-3-5-15/h10-11,13,15-17H,2-9,12H2,1H3. The van der Waals surface area contributed by atoms with Crippen LogP contribution >= 0.6 is 11.8 Å². The topological polar surface area (TPSA) is 29.9 Å². The van der Waals surface area contributed by atoms with Crippen molar-refractivity contribution >= 4 is 11.8 Å². The Bertz CT molecular complexity index is 404.